The largest absolute Gasteiger partial charge is 0.468 e. The molecule has 0 unspecified atom stereocenters. The van der Waals surface area contributed by atoms with Crippen LogP contribution in [0, 0.1) is 5.82 Å². The van der Waals surface area contributed by atoms with Crippen LogP contribution in [-0.4, -0.2) is 54.0 Å². The lowest BCUT2D eigenvalue weighted by Gasteiger charge is -2.38. The van der Waals surface area contributed by atoms with E-state index in [1.807, 2.05) is 12.1 Å². The van der Waals surface area contributed by atoms with E-state index in [0.29, 0.717) is 0 Å². The fourth-order valence-electron chi connectivity index (χ4n) is 3.18. The highest BCUT2D eigenvalue weighted by atomic mass is 19.1. The number of carbonyl (C=O) groups excluding carboxylic acids is 1. The number of esters is 1. The molecule has 1 aromatic heterocycles. The second kappa shape index (κ2) is 8.18. The van der Waals surface area contributed by atoms with Crippen molar-refractivity contribution in [2.24, 2.45) is 0 Å². The molecule has 0 spiro atoms. The van der Waals surface area contributed by atoms with E-state index >= 15 is 0 Å². The van der Waals surface area contributed by atoms with Gasteiger partial charge in [-0.3, -0.25) is 14.8 Å². The number of ether oxygens (including phenoxy) is 1. The molecule has 0 aliphatic carbocycles. The van der Waals surface area contributed by atoms with E-state index in [4.69, 9.17) is 4.74 Å². The zero-order chi connectivity index (χ0) is 17.6. The Labute approximate surface area is 147 Å². The first-order chi connectivity index (χ1) is 12.2. The van der Waals surface area contributed by atoms with Crippen molar-refractivity contribution in [2.45, 2.75) is 12.6 Å². The number of nitrogens with zero attached hydrogens (tertiary/aromatic N) is 3. The minimum atomic E-state index is -0.492. The van der Waals surface area contributed by atoms with Crippen molar-refractivity contribution < 1.29 is 13.9 Å². The van der Waals surface area contributed by atoms with E-state index in [0.717, 1.165) is 38.3 Å². The van der Waals surface area contributed by atoms with Gasteiger partial charge in [-0.2, -0.15) is 0 Å². The number of piperazine rings is 1. The van der Waals surface area contributed by atoms with Crippen LogP contribution < -0.4 is 0 Å². The molecule has 2 aromatic rings. The number of aromatic nitrogens is 1. The molecule has 1 aliphatic heterocycles. The fourth-order valence-corrected chi connectivity index (χ4v) is 3.18. The molecule has 1 atom stereocenters. The Hall–Kier alpha value is -2.31. The van der Waals surface area contributed by atoms with Gasteiger partial charge in [0.25, 0.3) is 0 Å². The SMILES string of the molecule is COC(=O)[C@H](c1ccc(F)cc1)N1CCN(Cc2ccncc2)CC1. The van der Waals surface area contributed by atoms with E-state index in [2.05, 4.69) is 14.8 Å². The number of methoxy groups -OCH3 is 1. The Balaban J connectivity index is 1.66. The lowest BCUT2D eigenvalue weighted by molar-refractivity contribution is -0.148. The first-order valence-corrected chi connectivity index (χ1v) is 8.36. The molecule has 1 aliphatic rings. The standard InChI is InChI=1S/C19H22FN3O2/c1-25-19(24)18(16-2-4-17(20)5-3-16)23-12-10-22(11-13-23)14-15-6-8-21-9-7-15/h2-9,18H,10-14H2,1H3/t18-/m0/s1. The van der Waals surface area contributed by atoms with Gasteiger partial charge in [-0.05, 0) is 35.4 Å². The number of hydrogen-bond donors (Lipinski definition) is 0. The van der Waals surface area contributed by atoms with Gasteiger partial charge in [0.1, 0.15) is 11.9 Å². The Kier molecular flexibility index (Phi) is 5.73. The maximum Gasteiger partial charge on any atom is 0.327 e. The summed E-state index contributed by atoms with van der Waals surface area (Å²) in [6.07, 6.45) is 3.60. The van der Waals surface area contributed by atoms with Gasteiger partial charge in [0, 0.05) is 45.1 Å². The first-order valence-electron chi connectivity index (χ1n) is 8.36. The first kappa shape index (κ1) is 17.5. The Morgan fingerprint density at radius 2 is 1.76 bits per heavy atom. The zero-order valence-corrected chi connectivity index (χ0v) is 14.3. The van der Waals surface area contributed by atoms with Crippen molar-refractivity contribution in [3.8, 4) is 0 Å². The van der Waals surface area contributed by atoms with Crippen LogP contribution in [0.15, 0.2) is 48.8 Å². The average Bonchev–Trinajstić information content (AvgIpc) is 2.65. The van der Waals surface area contributed by atoms with Gasteiger partial charge in [0.05, 0.1) is 7.11 Å². The molecule has 132 valence electrons. The molecule has 0 amide bonds. The highest BCUT2D eigenvalue weighted by molar-refractivity contribution is 5.77. The fraction of sp³-hybridized carbons (Fsp3) is 0.368. The molecular weight excluding hydrogens is 321 g/mol. The minimum absolute atomic E-state index is 0.311. The van der Waals surface area contributed by atoms with E-state index in [-0.39, 0.29) is 11.8 Å². The quantitative estimate of drug-likeness (QED) is 0.779. The number of pyridine rings is 1. The third-order valence-electron chi connectivity index (χ3n) is 4.54. The molecular formula is C19H22FN3O2. The lowest BCUT2D eigenvalue weighted by atomic mass is 10.0. The van der Waals surface area contributed by atoms with Gasteiger partial charge in [0.2, 0.25) is 0 Å². The summed E-state index contributed by atoms with van der Waals surface area (Å²) in [5, 5.41) is 0. The normalized spacial score (nSPS) is 17.2. The molecule has 0 radical (unpaired) electrons. The summed E-state index contributed by atoms with van der Waals surface area (Å²) < 4.78 is 18.2. The summed E-state index contributed by atoms with van der Waals surface area (Å²) in [5.74, 6) is -0.622. The number of benzene rings is 1. The average molecular weight is 343 g/mol. The van der Waals surface area contributed by atoms with E-state index in [9.17, 15) is 9.18 Å². The summed E-state index contributed by atoms with van der Waals surface area (Å²) in [7, 11) is 1.39. The monoisotopic (exact) mass is 343 g/mol. The number of hydrogen-bond acceptors (Lipinski definition) is 5. The highest BCUT2D eigenvalue weighted by Crippen LogP contribution is 2.24. The van der Waals surface area contributed by atoms with Crippen LogP contribution in [0.25, 0.3) is 0 Å². The van der Waals surface area contributed by atoms with Crippen LogP contribution in [-0.2, 0) is 16.1 Å². The molecule has 3 rings (SSSR count). The maximum atomic E-state index is 13.2. The molecule has 0 bridgehead atoms. The van der Waals surface area contributed by atoms with Crippen molar-refractivity contribution in [1.82, 2.24) is 14.8 Å². The van der Waals surface area contributed by atoms with Crippen LogP contribution >= 0.6 is 0 Å². The van der Waals surface area contributed by atoms with E-state index in [1.165, 1.54) is 24.8 Å². The van der Waals surface area contributed by atoms with Crippen molar-refractivity contribution in [3.63, 3.8) is 0 Å². The summed E-state index contributed by atoms with van der Waals surface area (Å²) in [6.45, 7) is 4.09. The maximum absolute atomic E-state index is 13.2. The molecule has 1 fully saturated rings. The Morgan fingerprint density at radius 1 is 1.12 bits per heavy atom. The van der Waals surface area contributed by atoms with Crippen molar-refractivity contribution in [2.75, 3.05) is 33.3 Å². The van der Waals surface area contributed by atoms with Gasteiger partial charge >= 0.3 is 5.97 Å². The van der Waals surface area contributed by atoms with Crippen molar-refractivity contribution in [3.05, 3.63) is 65.7 Å². The second-order valence-electron chi connectivity index (χ2n) is 6.14. The van der Waals surface area contributed by atoms with Gasteiger partial charge < -0.3 is 4.74 Å². The summed E-state index contributed by atoms with van der Waals surface area (Å²) in [5.41, 5.74) is 1.99. The topological polar surface area (TPSA) is 45.7 Å². The van der Waals surface area contributed by atoms with Gasteiger partial charge in [-0.15, -0.1) is 0 Å². The molecule has 5 nitrogen and oxygen atoms in total. The second-order valence-corrected chi connectivity index (χ2v) is 6.14. The van der Waals surface area contributed by atoms with Crippen LogP contribution in [0.4, 0.5) is 4.39 Å². The molecule has 25 heavy (non-hydrogen) atoms. The molecule has 6 heteroatoms. The molecule has 1 aromatic carbocycles. The molecule has 1 saturated heterocycles. The minimum Gasteiger partial charge on any atom is -0.468 e. The summed E-state index contributed by atoms with van der Waals surface area (Å²) in [4.78, 5) is 20.8. The molecule has 2 heterocycles. The number of rotatable bonds is 5. The predicted molar refractivity (Wildman–Crippen MR) is 92.2 cm³/mol. The van der Waals surface area contributed by atoms with Crippen molar-refractivity contribution >= 4 is 5.97 Å². The van der Waals surface area contributed by atoms with Crippen LogP contribution in [0.5, 0.6) is 0 Å². The highest BCUT2D eigenvalue weighted by Gasteiger charge is 2.31. The van der Waals surface area contributed by atoms with Crippen LogP contribution in [0.1, 0.15) is 17.2 Å². The van der Waals surface area contributed by atoms with Crippen LogP contribution in [0.3, 0.4) is 0 Å². The summed E-state index contributed by atoms with van der Waals surface area (Å²) >= 11 is 0. The van der Waals surface area contributed by atoms with Crippen LogP contribution in [0.2, 0.25) is 0 Å². The van der Waals surface area contributed by atoms with Gasteiger partial charge in [-0.1, -0.05) is 12.1 Å². The number of halogens is 1. The van der Waals surface area contributed by atoms with E-state index in [1.54, 1.807) is 24.5 Å². The number of carbonyl (C=O) groups is 1. The Bertz CT molecular complexity index is 686. The lowest BCUT2D eigenvalue weighted by Crippen LogP contribution is -2.49. The van der Waals surface area contributed by atoms with Gasteiger partial charge in [0.15, 0.2) is 0 Å². The zero-order valence-electron chi connectivity index (χ0n) is 14.3. The molecule has 0 N–H and O–H groups in total. The van der Waals surface area contributed by atoms with Gasteiger partial charge in [-0.25, -0.2) is 9.18 Å². The van der Waals surface area contributed by atoms with Crippen molar-refractivity contribution in [1.29, 1.82) is 0 Å². The summed E-state index contributed by atoms with van der Waals surface area (Å²) in [6, 6.07) is 9.61. The Morgan fingerprint density at radius 3 is 2.36 bits per heavy atom. The smallest absolute Gasteiger partial charge is 0.327 e. The predicted octanol–water partition coefficient (Wildman–Crippen LogP) is 2.25. The third kappa shape index (κ3) is 4.41. The third-order valence-corrected chi connectivity index (χ3v) is 4.54. The molecule has 0 saturated carbocycles. The van der Waals surface area contributed by atoms with E-state index < -0.39 is 6.04 Å².